The number of aryl methyl sites for hydroxylation is 1. The molecule has 28 heavy (non-hydrogen) atoms. The van der Waals surface area contributed by atoms with Crippen LogP contribution in [0.15, 0.2) is 48.5 Å². The summed E-state index contributed by atoms with van der Waals surface area (Å²) in [5.74, 6) is -0.501. The third kappa shape index (κ3) is 4.77. The van der Waals surface area contributed by atoms with Crippen molar-refractivity contribution in [3.05, 3.63) is 65.5 Å². The van der Waals surface area contributed by atoms with Crippen LogP contribution in [0.25, 0.3) is 0 Å². The molecule has 1 saturated heterocycles. The molecule has 0 N–H and O–H groups in total. The van der Waals surface area contributed by atoms with Gasteiger partial charge in [0.2, 0.25) is 5.78 Å². The van der Waals surface area contributed by atoms with E-state index in [9.17, 15) is 14.0 Å². The fourth-order valence-electron chi connectivity index (χ4n) is 3.23. The molecule has 148 valence electrons. The van der Waals surface area contributed by atoms with Crippen LogP contribution in [0.1, 0.15) is 38.3 Å². The van der Waals surface area contributed by atoms with Gasteiger partial charge < -0.3 is 9.64 Å². The van der Waals surface area contributed by atoms with E-state index in [0.29, 0.717) is 25.3 Å². The van der Waals surface area contributed by atoms with Gasteiger partial charge in [0.25, 0.3) is 5.91 Å². The highest BCUT2D eigenvalue weighted by Crippen LogP contribution is 2.33. The zero-order valence-corrected chi connectivity index (χ0v) is 16.6. The minimum atomic E-state index is -0.453. The molecule has 1 aliphatic heterocycles. The summed E-state index contributed by atoms with van der Waals surface area (Å²) in [5, 5.41) is 0. The topological polar surface area (TPSA) is 46.6 Å². The van der Waals surface area contributed by atoms with Crippen LogP contribution < -0.4 is 4.74 Å². The average Bonchev–Trinajstić information content (AvgIpc) is 2.63. The van der Waals surface area contributed by atoms with Gasteiger partial charge in [-0.25, -0.2) is 4.39 Å². The Morgan fingerprint density at radius 2 is 1.79 bits per heavy atom. The number of ketones is 1. The number of nitrogens with zero attached hydrogens (tertiary/aromatic N) is 1. The van der Waals surface area contributed by atoms with Crippen molar-refractivity contribution in [2.24, 2.45) is 0 Å². The third-order valence-corrected chi connectivity index (χ3v) is 4.90. The number of carbonyl (C=O) groups excluding carboxylic acids is 2. The van der Waals surface area contributed by atoms with Crippen LogP contribution in [0.4, 0.5) is 4.39 Å². The predicted octanol–water partition coefficient (Wildman–Crippen LogP) is 3.91. The molecule has 2 aromatic carbocycles. The van der Waals surface area contributed by atoms with E-state index < -0.39 is 5.91 Å². The molecule has 0 saturated carbocycles. The Morgan fingerprint density at radius 1 is 1.11 bits per heavy atom. The summed E-state index contributed by atoms with van der Waals surface area (Å²) in [6.45, 7) is 6.73. The van der Waals surface area contributed by atoms with Crippen molar-refractivity contribution in [1.82, 2.24) is 4.90 Å². The van der Waals surface area contributed by atoms with E-state index in [1.807, 2.05) is 51.1 Å². The highest BCUT2D eigenvalue weighted by molar-refractivity contribution is 6.36. The summed E-state index contributed by atoms with van der Waals surface area (Å²) in [7, 11) is 0. The minimum absolute atomic E-state index is 0.183. The molecule has 1 amide bonds. The fourth-order valence-corrected chi connectivity index (χ4v) is 3.23. The third-order valence-electron chi connectivity index (χ3n) is 4.90. The van der Waals surface area contributed by atoms with Crippen molar-refractivity contribution in [2.45, 2.75) is 45.1 Å². The average molecular weight is 383 g/mol. The van der Waals surface area contributed by atoms with E-state index in [1.54, 1.807) is 6.07 Å². The number of ether oxygens (including phenoxy) is 1. The summed E-state index contributed by atoms with van der Waals surface area (Å²) in [6, 6.07) is 14.1. The largest absolute Gasteiger partial charge is 0.486 e. The Hall–Kier alpha value is -2.69. The summed E-state index contributed by atoms with van der Waals surface area (Å²) in [6.07, 6.45) is 0.582. The Morgan fingerprint density at radius 3 is 2.43 bits per heavy atom. The summed E-state index contributed by atoms with van der Waals surface area (Å²) < 4.78 is 19.6. The van der Waals surface area contributed by atoms with Crippen molar-refractivity contribution in [3.63, 3.8) is 0 Å². The first-order chi connectivity index (χ1) is 13.2. The molecule has 1 fully saturated rings. The van der Waals surface area contributed by atoms with Gasteiger partial charge in [0.15, 0.2) is 0 Å². The van der Waals surface area contributed by atoms with Crippen LogP contribution >= 0.6 is 0 Å². The lowest BCUT2D eigenvalue weighted by molar-refractivity contribution is -0.150. The molecular formula is C23H26FNO3. The summed E-state index contributed by atoms with van der Waals surface area (Å²) in [5.41, 5.74) is 1.57. The predicted molar refractivity (Wildman–Crippen MR) is 106 cm³/mol. The second-order valence-corrected chi connectivity index (χ2v) is 8.25. The van der Waals surface area contributed by atoms with Crippen molar-refractivity contribution < 1.29 is 18.7 Å². The van der Waals surface area contributed by atoms with Crippen LogP contribution in [0, 0.1) is 5.82 Å². The van der Waals surface area contributed by atoms with Crippen LogP contribution in [-0.2, 0) is 21.4 Å². The molecular weight excluding hydrogens is 357 g/mol. The van der Waals surface area contributed by atoms with E-state index in [2.05, 4.69) is 0 Å². The molecule has 3 rings (SSSR count). The van der Waals surface area contributed by atoms with Crippen LogP contribution in [0.5, 0.6) is 5.75 Å². The van der Waals surface area contributed by atoms with Gasteiger partial charge in [-0.1, -0.05) is 51.1 Å². The highest BCUT2D eigenvalue weighted by Gasteiger charge is 2.36. The lowest BCUT2D eigenvalue weighted by Gasteiger charge is -2.39. The Balaban J connectivity index is 1.52. The lowest BCUT2D eigenvalue weighted by atomic mass is 9.86. The summed E-state index contributed by atoms with van der Waals surface area (Å²) in [4.78, 5) is 26.0. The van der Waals surface area contributed by atoms with Crippen LogP contribution in [0.2, 0.25) is 0 Å². The zero-order valence-electron chi connectivity index (χ0n) is 16.6. The molecule has 0 aliphatic carbocycles. The standard InChI is InChI=1S/C23H26FNO3/c1-23(2,3)19-13-17(24)10-12-21(19)28-18-14-25(15-18)22(27)20(26)11-9-16-7-5-4-6-8-16/h4-8,10,12-13,18H,9,11,14-15H2,1-3H3. The zero-order chi connectivity index (χ0) is 20.3. The quantitative estimate of drug-likeness (QED) is 0.711. The number of rotatable bonds is 6. The molecule has 1 aliphatic rings. The second kappa shape index (κ2) is 8.13. The van der Waals surface area contributed by atoms with Gasteiger partial charge >= 0.3 is 0 Å². The van der Waals surface area contributed by atoms with Gasteiger partial charge in [-0.3, -0.25) is 9.59 Å². The van der Waals surface area contributed by atoms with E-state index in [1.165, 1.54) is 17.0 Å². The molecule has 0 bridgehead atoms. The molecule has 4 nitrogen and oxygen atoms in total. The number of hydrogen-bond acceptors (Lipinski definition) is 3. The number of benzene rings is 2. The molecule has 0 spiro atoms. The van der Waals surface area contributed by atoms with Crippen molar-refractivity contribution in [1.29, 1.82) is 0 Å². The highest BCUT2D eigenvalue weighted by atomic mass is 19.1. The van der Waals surface area contributed by atoms with Crippen LogP contribution in [-0.4, -0.2) is 35.8 Å². The number of likely N-dealkylation sites (tertiary alicyclic amines) is 1. The number of hydrogen-bond donors (Lipinski definition) is 0. The first-order valence-electron chi connectivity index (χ1n) is 9.57. The number of amides is 1. The van der Waals surface area contributed by atoms with Gasteiger partial charge in [-0.2, -0.15) is 0 Å². The Kier molecular flexibility index (Phi) is 5.82. The first-order valence-corrected chi connectivity index (χ1v) is 9.57. The maximum absolute atomic E-state index is 13.6. The SMILES string of the molecule is CC(C)(C)c1cc(F)ccc1OC1CN(C(=O)C(=O)CCc2ccccc2)C1. The van der Waals surface area contributed by atoms with E-state index >= 15 is 0 Å². The van der Waals surface area contributed by atoms with E-state index in [-0.39, 0.29) is 29.5 Å². The van der Waals surface area contributed by atoms with Gasteiger partial charge in [-0.05, 0) is 35.6 Å². The maximum Gasteiger partial charge on any atom is 0.290 e. The minimum Gasteiger partial charge on any atom is -0.486 e. The molecule has 0 radical (unpaired) electrons. The lowest BCUT2D eigenvalue weighted by Crippen LogP contribution is -2.58. The van der Waals surface area contributed by atoms with Crippen molar-refractivity contribution in [2.75, 3.05) is 13.1 Å². The summed E-state index contributed by atoms with van der Waals surface area (Å²) >= 11 is 0. The van der Waals surface area contributed by atoms with Crippen molar-refractivity contribution >= 4 is 11.7 Å². The van der Waals surface area contributed by atoms with Gasteiger partial charge in [0.1, 0.15) is 17.7 Å². The smallest absolute Gasteiger partial charge is 0.290 e. The van der Waals surface area contributed by atoms with Crippen LogP contribution in [0.3, 0.4) is 0 Å². The molecule has 2 aromatic rings. The molecule has 0 atom stereocenters. The molecule has 0 unspecified atom stereocenters. The second-order valence-electron chi connectivity index (χ2n) is 8.25. The first kappa shape index (κ1) is 20.1. The van der Waals surface area contributed by atoms with E-state index in [4.69, 9.17) is 4.74 Å². The molecule has 5 heteroatoms. The maximum atomic E-state index is 13.6. The molecule has 1 heterocycles. The van der Waals surface area contributed by atoms with Gasteiger partial charge in [0.05, 0.1) is 13.1 Å². The van der Waals surface area contributed by atoms with Gasteiger partial charge in [0, 0.05) is 12.0 Å². The number of carbonyl (C=O) groups is 2. The normalized spacial score (nSPS) is 14.5. The number of halogens is 1. The molecule has 0 aromatic heterocycles. The Labute approximate surface area is 165 Å². The van der Waals surface area contributed by atoms with Crippen molar-refractivity contribution in [3.8, 4) is 5.75 Å². The number of Topliss-reactive ketones (excluding diaryl/α,β-unsaturated/α-hetero) is 1. The van der Waals surface area contributed by atoms with Gasteiger partial charge in [-0.15, -0.1) is 0 Å². The monoisotopic (exact) mass is 383 g/mol. The Bertz CT molecular complexity index is 852. The fraction of sp³-hybridized carbons (Fsp3) is 0.391. The van der Waals surface area contributed by atoms with E-state index in [0.717, 1.165) is 11.1 Å².